The monoisotopic (exact) mass is 309 g/mol. The van der Waals surface area contributed by atoms with Crippen LogP contribution in [0.3, 0.4) is 0 Å². The lowest BCUT2D eigenvalue weighted by Crippen LogP contribution is -2.24. The minimum Gasteiger partial charge on any atom is -0.331 e. The van der Waals surface area contributed by atoms with Gasteiger partial charge in [-0.2, -0.15) is 5.10 Å². The molecule has 0 aliphatic heterocycles. The second kappa shape index (κ2) is 8.10. The molecule has 0 saturated carbocycles. The van der Waals surface area contributed by atoms with Crippen molar-refractivity contribution in [2.45, 2.75) is 13.8 Å². The Bertz CT molecular complexity index is 670. The van der Waals surface area contributed by atoms with E-state index in [0.29, 0.717) is 5.11 Å². The van der Waals surface area contributed by atoms with Crippen LogP contribution in [0, 0.1) is 13.8 Å². The number of benzene rings is 2. The molecule has 3 nitrogen and oxygen atoms in total. The fraction of sp³-hybridized carbons (Fsp3) is 0.111. The number of nitrogens with one attached hydrogen (secondary N) is 2. The lowest BCUT2D eigenvalue weighted by atomic mass is 10.1. The third kappa shape index (κ3) is 4.82. The summed E-state index contributed by atoms with van der Waals surface area (Å²) in [6.07, 6.45) is 5.52. The zero-order chi connectivity index (χ0) is 15.8. The summed E-state index contributed by atoms with van der Waals surface area (Å²) in [4.78, 5) is 0. The van der Waals surface area contributed by atoms with Crippen molar-refractivity contribution in [1.29, 1.82) is 0 Å². The molecule has 0 aliphatic rings. The van der Waals surface area contributed by atoms with E-state index in [4.69, 9.17) is 12.2 Å². The van der Waals surface area contributed by atoms with E-state index in [1.165, 1.54) is 0 Å². The summed E-state index contributed by atoms with van der Waals surface area (Å²) in [5.41, 5.74) is 7.26. The van der Waals surface area contributed by atoms with Gasteiger partial charge in [-0.05, 0) is 48.8 Å². The van der Waals surface area contributed by atoms with Gasteiger partial charge in [0.15, 0.2) is 5.11 Å². The summed E-state index contributed by atoms with van der Waals surface area (Å²) in [6.45, 7) is 4.09. The van der Waals surface area contributed by atoms with Crippen molar-refractivity contribution in [2.75, 3.05) is 5.32 Å². The number of rotatable bonds is 4. The molecule has 0 aromatic heterocycles. The maximum absolute atomic E-state index is 5.24. The highest BCUT2D eigenvalue weighted by molar-refractivity contribution is 7.80. The van der Waals surface area contributed by atoms with Crippen LogP contribution < -0.4 is 10.7 Å². The van der Waals surface area contributed by atoms with Gasteiger partial charge in [-0.15, -0.1) is 0 Å². The number of anilines is 1. The van der Waals surface area contributed by atoms with Gasteiger partial charge in [0.1, 0.15) is 0 Å². The Kier molecular flexibility index (Phi) is 5.86. The van der Waals surface area contributed by atoms with E-state index in [-0.39, 0.29) is 0 Å². The first-order chi connectivity index (χ1) is 10.7. The van der Waals surface area contributed by atoms with Crippen LogP contribution in [0.15, 0.2) is 59.7 Å². The lowest BCUT2D eigenvalue weighted by Gasteiger charge is -2.12. The lowest BCUT2D eigenvalue weighted by molar-refractivity contribution is 1.05. The molecule has 0 heterocycles. The molecule has 0 atom stereocenters. The van der Waals surface area contributed by atoms with Crippen molar-refractivity contribution in [1.82, 2.24) is 5.43 Å². The second-order valence-electron chi connectivity index (χ2n) is 4.88. The van der Waals surface area contributed by atoms with E-state index in [0.717, 1.165) is 22.4 Å². The van der Waals surface area contributed by atoms with Gasteiger partial charge in [-0.3, -0.25) is 5.43 Å². The maximum Gasteiger partial charge on any atom is 0.191 e. The van der Waals surface area contributed by atoms with Crippen LogP contribution in [0.2, 0.25) is 0 Å². The predicted octanol–water partition coefficient (Wildman–Crippen LogP) is 4.29. The molecule has 22 heavy (non-hydrogen) atoms. The molecule has 4 heteroatoms. The van der Waals surface area contributed by atoms with Crippen LogP contribution in [0.25, 0.3) is 6.08 Å². The molecule has 0 amide bonds. The first-order valence-electron chi connectivity index (χ1n) is 7.05. The minimum absolute atomic E-state index is 0.474. The molecule has 2 rings (SSSR count). The van der Waals surface area contributed by atoms with Gasteiger partial charge in [-0.1, -0.05) is 54.6 Å². The van der Waals surface area contributed by atoms with Crippen molar-refractivity contribution in [2.24, 2.45) is 5.10 Å². The van der Waals surface area contributed by atoms with E-state index in [1.54, 1.807) is 6.21 Å². The van der Waals surface area contributed by atoms with Crippen LogP contribution in [0.5, 0.6) is 0 Å². The fourth-order valence-corrected chi connectivity index (χ4v) is 2.17. The molecule has 0 radical (unpaired) electrons. The van der Waals surface area contributed by atoms with Gasteiger partial charge in [0.05, 0.1) is 0 Å². The summed E-state index contributed by atoms with van der Waals surface area (Å²) in [6, 6.07) is 16.2. The van der Waals surface area contributed by atoms with Gasteiger partial charge in [0.2, 0.25) is 0 Å². The molecule has 112 valence electrons. The van der Waals surface area contributed by atoms with Crippen molar-refractivity contribution >= 4 is 35.3 Å². The summed E-state index contributed by atoms with van der Waals surface area (Å²) in [7, 11) is 0. The van der Waals surface area contributed by atoms with E-state index >= 15 is 0 Å². The van der Waals surface area contributed by atoms with Crippen LogP contribution in [-0.4, -0.2) is 11.3 Å². The molecule has 0 bridgehead atoms. The Morgan fingerprint density at radius 2 is 1.68 bits per heavy atom. The first-order valence-corrected chi connectivity index (χ1v) is 7.45. The van der Waals surface area contributed by atoms with Gasteiger partial charge < -0.3 is 5.32 Å². The molecule has 0 unspecified atom stereocenters. The topological polar surface area (TPSA) is 36.4 Å². The zero-order valence-corrected chi connectivity index (χ0v) is 13.5. The van der Waals surface area contributed by atoms with Crippen molar-refractivity contribution in [3.8, 4) is 0 Å². The summed E-state index contributed by atoms with van der Waals surface area (Å²) in [5, 5.41) is 7.72. The third-order valence-corrected chi connectivity index (χ3v) is 3.33. The summed E-state index contributed by atoms with van der Waals surface area (Å²) < 4.78 is 0. The normalized spacial score (nSPS) is 11.0. The number of allylic oxidation sites excluding steroid dienone is 1. The van der Waals surface area contributed by atoms with Crippen molar-refractivity contribution in [3.63, 3.8) is 0 Å². The van der Waals surface area contributed by atoms with Crippen LogP contribution >= 0.6 is 12.2 Å². The van der Waals surface area contributed by atoms with Crippen LogP contribution in [0.1, 0.15) is 16.7 Å². The average Bonchev–Trinajstić information content (AvgIpc) is 2.52. The smallest absolute Gasteiger partial charge is 0.191 e. The third-order valence-electron chi connectivity index (χ3n) is 3.13. The first kappa shape index (κ1) is 15.9. The highest BCUT2D eigenvalue weighted by Gasteiger charge is 2.02. The van der Waals surface area contributed by atoms with E-state index in [1.807, 2.05) is 74.5 Å². The molecular weight excluding hydrogens is 290 g/mol. The molecule has 2 aromatic rings. The number of hydrogen-bond acceptors (Lipinski definition) is 2. The van der Waals surface area contributed by atoms with E-state index < -0.39 is 0 Å². The van der Waals surface area contributed by atoms with Crippen LogP contribution in [0.4, 0.5) is 5.69 Å². The van der Waals surface area contributed by atoms with Crippen molar-refractivity contribution < 1.29 is 0 Å². The number of nitrogens with zero attached hydrogens (tertiary/aromatic N) is 1. The van der Waals surface area contributed by atoms with Gasteiger partial charge in [0.25, 0.3) is 0 Å². The Balaban J connectivity index is 1.85. The summed E-state index contributed by atoms with van der Waals surface area (Å²) in [5.74, 6) is 0. The van der Waals surface area contributed by atoms with E-state index in [9.17, 15) is 0 Å². The van der Waals surface area contributed by atoms with Crippen molar-refractivity contribution in [3.05, 3.63) is 71.3 Å². The average molecular weight is 309 g/mol. The highest BCUT2D eigenvalue weighted by atomic mass is 32.1. The van der Waals surface area contributed by atoms with Gasteiger partial charge in [0, 0.05) is 11.9 Å². The Morgan fingerprint density at radius 3 is 2.36 bits per heavy atom. The SMILES string of the molecule is Cc1cccc(C)c1NC(=S)N/N=C\C=C\c1ccccc1. The molecular formula is C18H19N3S. The molecule has 2 N–H and O–H groups in total. The highest BCUT2D eigenvalue weighted by Crippen LogP contribution is 2.18. The Morgan fingerprint density at radius 1 is 1.00 bits per heavy atom. The molecule has 0 saturated heterocycles. The van der Waals surface area contributed by atoms with Crippen LogP contribution in [-0.2, 0) is 0 Å². The minimum atomic E-state index is 0.474. The second-order valence-corrected chi connectivity index (χ2v) is 5.29. The maximum atomic E-state index is 5.24. The molecule has 0 fully saturated rings. The number of hydrazone groups is 1. The summed E-state index contributed by atoms with van der Waals surface area (Å²) >= 11 is 5.24. The number of thiocarbonyl (C=S) groups is 1. The van der Waals surface area contributed by atoms with Gasteiger partial charge in [-0.25, -0.2) is 0 Å². The molecule has 0 aliphatic carbocycles. The van der Waals surface area contributed by atoms with Gasteiger partial charge >= 0.3 is 0 Å². The largest absolute Gasteiger partial charge is 0.331 e. The molecule has 0 spiro atoms. The predicted molar refractivity (Wildman–Crippen MR) is 99.2 cm³/mol. The van der Waals surface area contributed by atoms with E-state index in [2.05, 4.69) is 15.8 Å². The Labute approximate surface area is 136 Å². The number of aryl methyl sites for hydroxylation is 2. The number of hydrogen-bond donors (Lipinski definition) is 2. The molecule has 2 aromatic carbocycles. The Hall–Kier alpha value is -2.46. The zero-order valence-electron chi connectivity index (χ0n) is 12.7. The number of para-hydroxylation sites is 1. The standard InChI is InChI=1S/C18H19N3S/c1-14-8-6-9-15(2)17(14)20-18(22)21-19-13-7-12-16-10-4-3-5-11-16/h3-13H,1-2H3,(H2,20,21,22)/b12-7+,19-13-. The fourth-order valence-electron chi connectivity index (χ4n) is 2.01. The quantitative estimate of drug-likeness (QED) is 0.502.